The second-order valence-corrected chi connectivity index (χ2v) is 3.04. The monoisotopic (exact) mass is 170 g/mol. The Morgan fingerprint density at radius 2 is 1.73 bits per heavy atom. The van der Waals surface area contributed by atoms with Crippen LogP contribution in [0.3, 0.4) is 0 Å². The van der Waals surface area contributed by atoms with E-state index in [1.54, 1.807) is 6.92 Å². The van der Waals surface area contributed by atoms with Gasteiger partial charge in [0, 0.05) is 0 Å². The van der Waals surface area contributed by atoms with Gasteiger partial charge in [0.1, 0.15) is 0 Å². The van der Waals surface area contributed by atoms with E-state index < -0.39 is 18.2 Å². The highest BCUT2D eigenvalue weighted by molar-refractivity contribution is 4.75. The molecule has 0 aromatic carbocycles. The van der Waals surface area contributed by atoms with Crippen LogP contribution in [0.5, 0.6) is 0 Å². The molecule has 1 nitrogen and oxygen atoms in total. The van der Waals surface area contributed by atoms with Crippen molar-refractivity contribution in [2.75, 3.05) is 0 Å². The molecule has 0 aliphatic carbocycles. The topological polar surface area (TPSA) is 20.2 Å². The summed E-state index contributed by atoms with van der Waals surface area (Å²) in [7, 11) is 0. The molecule has 0 aliphatic heterocycles. The molecule has 4 heteroatoms. The van der Waals surface area contributed by atoms with Crippen LogP contribution < -0.4 is 0 Å². The smallest absolute Gasteiger partial charge is 0.390 e. The first-order chi connectivity index (χ1) is 4.77. The Kier molecular flexibility index (Phi) is 3.35. The number of hydrogen-bond donors (Lipinski definition) is 1. The van der Waals surface area contributed by atoms with Gasteiger partial charge in [-0.05, 0) is 13.3 Å². The van der Waals surface area contributed by atoms with Gasteiger partial charge in [-0.2, -0.15) is 13.2 Å². The van der Waals surface area contributed by atoms with E-state index in [9.17, 15) is 13.2 Å². The van der Waals surface area contributed by atoms with Crippen molar-refractivity contribution in [1.82, 2.24) is 0 Å². The zero-order chi connectivity index (χ0) is 9.12. The van der Waals surface area contributed by atoms with Crippen molar-refractivity contribution in [3.05, 3.63) is 0 Å². The Balaban J connectivity index is 3.91. The van der Waals surface area contributed by atoms with Crippen molar-refractivity contribution < 1.29 is 18.3 Å². The van der Waals surface area contributed by atoms with Crippen LogP contribution in [0.15, 0.2) is 0 Å². The molecule has 0 heterocycles. The second kappa shape index (κ2) is 3.43. The molecule has 0 aromatic heterocycles. The predicted molar refractivity (Wildman–Crippen MR) is 36.2 cm³/mol. The Hall–Kier alpha value is -0.250. The summed E-state index contributed by atoms with van der Waals surface area (Å²) in [6.45, 7) is 2.95. The van der Waals surface area contributed by atoms with Crippen molar-refractivity contribution in [2.45, 2.75) is 44.9 Å². The third-order valence-electron chi connectivity index (χ3n) is 1.37. The van der Waals surface area contributed by atoms with Crippen LogP contribution in [0, 0.1) is 0 Å². The van der Waals surface area contributed by atoms with Gasteiger partial charge in [0.05, 0.1) is 12.0 Å². The number of aliphatic hydroxyl groups is 1. The first-order valence-electron chi connectivity index (χ1n) is 3.56. The molecule has 1 unspecified atom stereocenters. The molecule has 1 atom stereocenters. The summed E-state index contributed by atoms with van der Waals surface area (Å²) >= 11 is 0. The number of rotatable bonds is 3. The van der Waals surface area contributed by atoms with Crippen molar-refractivity contribution >= 4 is 0 Å². The molecule has 1 N–H and O–H groups in total. The van der Waals surface area contributed by atoms with Crippen molar-refractivity contribution in [2.24, 2.45) is 0 Å². The van der Waals surface area contributed by atoms with Crippen LogP contribution in [0.2, 0.25) is 0 Å². The molecular formula is C7H13F3O. The molecule has 0 spiro atoms. The lowest BCUT2D eigenvalue weighted by molar-refractivity contribution is -0.173. The highest BCUT2D eigenvalue weighted by atomic mass is 19.4. The van der Waals surface area contributed by atoms with Crippen LogP contribution in [-0.4, -0.2) is 16.9 Å². The molecule has 0 aliphatic rings. The average Bonchev–Trinajstić information content (AvgIpc) is 1.55. The maximum atomic E-state index is 11.7. The zero-order valence-electron chi connectivity index (χ0n) is 6.70. The maximum absolute atomic E-state index is 11.7. The van der Waals surface area contributed by atoms with Crippen molar-refractivity contribution in [3.63, 3.8) is 0 Å². The minimum atomic E-state index is -4.27. The van der Waals surface area contributed by atoms with Gasteiger partial charge < -0.3 is 5.11 Å². The first-order valence-corrected chi connectivity index (χ1v) is 3.56. The van der Waals surface area contributed by atoms with E-state index in [1.807, 2.05) is 0 Å². The van der Waals surface area contributed by atoms with Crippen molar-refractivity contribution in [1.29, 1.82) is 0 Å². The van der Waals surface area contributed by atoms with Gasteiger partial charge in [0.15, 0.2) is 0 Å². The normalized spacial score (nSPS) is 18.0. The molecule has 0 rings (SSSR count). The molecule has 0 radical (unpaired) electrons. The summed E-state index contributed by atoms with van der Waals surface area (Å²) in [4.78, 5) is 0. The third kappa shape index (κ3) is 6.16. The molecule has 0 fully saturated rings. The fourth-order valence-electron chi connectivity index (χ4n) is 1.06. The quantitative estimate of drug-likeness (QED) is 0.689. The largest absolute Gasteiger partial charge is 0.391 e. The van der Waals surface area contributed by atoms with E-state index in [4.69, 9.17) is 5.11 Å². The first kappa shape index (κ1) is 10.8. The number of halogens is 3. The van der Waals surface area contributed by atoms with Crippen LogP contribution in [0.25, 0.3) is 0 Å². The average molecular weight is 170 g/mol. The van der Waals surface area contributed by atoms with E-state index in [0.29, 0.717) is 6.42 Å². The van der Waals surface area contributed by atoms with Crippen LogP contribution in [-0.2, 0) is 0 Å². The maximum Gasteiger partial charge on any atom is 0.391 e. The molecule has 0 amide bonds. The highest BCUT2D eigenvalue weighted by Crippen LogP contribution is 2.29. The molecule has 0 aromatic rings. The van der Waals surface area contributed by atoms with Gasteiger partial charge in [-0.15, -0.1) is 0 Å². The fraction of sp³-hybridized carbons (Fsp3) is 1.00. The second-order valence-electron chi connectivity index (χ2n) is 3.04. The third-order valence-corrected chi connectivity index (χ3v) is 1.37. The lowest BCUT2D eigenvalue weighted by Gasteiger charge is -2.23. The van der Waals surface area contributed by atoms with Crippen molar-refractivity contribution in [3.8, 4) is 0 Å². The SMILES string of the molecule is CCCC(C)(O)CC(F)(F)F. The van der Waals surface area contributed by atoms with Gasteiger partial charge in [-0.1, -0.05) is 13.3 Å². The molecule has 11 heavy (non-hydrogen) atoms. The summed E-state index contributed by atoms with van der Waals surface area (Å²) < 4.78 is 35.1. The van der Waals surface area contributed by atoms with Gasteiger partial charge in [0.25, 0.3) is 0 Å². The van der Waals surface area contributed by atoms with E-state index in [2.05, 4.69) is 0 Å². The minimum Gasteiger partial charge on any atom is -0.390 e. The van der Waals surface area contributed by atoms with E-state index >= 15 is 0 Å². The molecule has 0 saturated heterocycles. The Morgan fingerprint density at radius 3 is 2.00 bits per heavy atom. The standard InChI is InChI=1S/C7H13F3O/c1-3-4-6(2,11)5-7(8,9)10/h11H,3-5H2,1-2H3. The Labute approximate surface area is 64.2 Å². The van der Waals surface area contributed by atoms with E-state index in [0.717, 1.165) is 0 Å². The summed E-state index contributed by atoms with van der Waals surface area (Å²) in [5, 5.41) is 9.13. The molecular weight excluding hydrogens is 157 g/mol. The minimum absolute atomic E-state index is 0.187. The zero-order valence-corrected chi connectivity index (χ0v) is 6.70. The summed E-state index contributed by atoms with van der Waals surface area (Å²) in [6.07, 6.45) is -4.64. The van der Waals surface area contributed by atoms with Crippen LogP contribution >= 0.6 is 0 Å². The molecule has 68 valence electrons. The van der Waals surface area contributed by atoms with Crippen LogP contribution in [0.1, 0.15) is 33.1 Å². The number of hydrogen-bond acceptors (Lipinski definition) is 1. The van der Waals surface area contributed by atoms with Gasteiger partial charge in [-0.3, -0.25) is 0 Å². The predicted octanol–water partition coefficient (Wildman–Crippen LogP) is 2.49. The van der Waals surface area contributed by atoms with Crippen LogP contribution in [0.4, 0.5) is 13.2 Å². The summed E-state index contributed by atoms with van der Waals surface area (Å²) in [5.74, 6) is 0. The summed E-state index contributed by atoms with van der Waals surface area (Å²) in [5.41, 5.74) is -1.59. The lowest BCUT2D eigenvalue weighted by Crippen LogP contribution is -2.31. The highest BCUT2D eigenvalue weighted by Gasteiger charge is 2.37. The van der Waals surface area contributed by atoms with Gasteiger partial charge in [-0.25, -0.2) is 0 Å². The van der Waals surface area contributed by atoms with Gasteiger partial charge >= 0.3 is 6.18 Å². The molecule has 0 saturated carbocycles. The Bertz CT molecular complexity index is 117. The van der Waals surface area contributed by atoms with Gasteiger partial charge in [0.2, 0.25) is 0 Å². The molecule has 0 bridgehead atoms. The number of alkyl halides is 3. The van der Waals surface area contributed by atoms with E-state index in [-0.39, 0.29) is 6.42 Å². The lowest BCUT2D eigenvalue weighted by atomic mass is 9.96. The Morgan fingerprint density at radius 1 is 1.27 bits per heavy atom. The van der Waals surface area contributed by atoms with E-state index in [1.165, 1.54) is 6.92 Å². The fourth-order valence-corrected chi connectivity index (χ4v) is 1.06. The summed E-state index contributed by atoms with van der Waals surface area (Å²) in [6, 6.07) is 0.